The van der Waals surface area contributed by atoms with Crippen LogP contribution in [-0.2, 0) is 0 Å². The highest BCUT2D eigenvalue weighted by molar-refractivity contribution is 8.00. The third-order valence-corrected chi connectivity index (χ3v) is 5.55. The van der Waals surface area contributed by atoms with E-state index in [-0.39, 0.29) is 0 Å². The molecular weight excluding hydrogens is 252 g/mol. The van der Waals surface area contributed by atoms with Gasteiger partial charge in [-0.15, -0.1) is 11.8 Å². The van der Waals surface area contributed by atoms with Crippen molar-refractivity contribution >= 4 is 11.8 Å². The van der Waals surface area contributed by atoms with E-state index >= 15 is 0 Å². The molecule has 0 amide bonds. The number of hydrogen-bond acceptors (Lipinski definition) is 3. The fourth-order valence-corrected chi connectivity index (χ4v) is 4.35. The van der Waals surface area contributed by atoms with Crippen LogP contribution in [0.1, 0.15) is 40.0 Å². The zero-order valence-electron chi connectivity index (χ0n) is 12.3. The van der Waals surface area contributed by atoms with Crippen LogP contribution in [0.4, 0.5) is 0 Å². The smallest absolute Gasteiger partial charge is 0.0278 e. The van der Waals surface area contributed by atoms with Gasteiger partial charge >= 0.3 is 0 Å². The molecule has 1 saturated carbocycles. The van der Waals surface area contributed by atoms with Gasteiger partial charge in [-0.25, -0.2) is 0 Å². The Morgan fingerprint density at radius 1 is 1.32 bits per heavy atom. The lowest BCUT2D eigenvalue weighted by molar-refractivity contribution is 0.247. The standard InChI is InChI=1S/C16H26N2S/c1-4-18-15-6-5-13(12(2)3)11-16(15)19-14-7-9-17-10-8-14/h7-10,12-13,15-16,18H,4-6,11H2,1-3H3. The number of pyridine rings is 1. The molecule has 0 spiro atoms. The minimum atomic E-state index is 0.665. The molecule has 0 aromatic carbocycles. The van der Waals surface area contributed by atoms with E-state index in [2.05, 4.69) is 43.2 Å². The Bertz CT molecular complexity index is 366. The van der Waals surface area contributed by atoms with Crippen LogP contribution in [0.15, 0.2) is 29.4 Å². The SMILES string of the molecule is CCNC1CCC(C(C)C)CC1Sc1ccncc1. The summed E-state index contributed by atoms with van der Waals surface area (Å²) in [6.45, 7) is 8.02. The number of thioether (sulfide) groups is 1. The van der Waals surface area contributed by atoms with Crippen LogP contribution in [0.2, 0.25) is 0 Å². The second-order valence-electron chi connectivity index (χ2n) is 5.82. The second kappa shape index (κ2) is 7.30. The van der Waals surface area contributed by atoms with E-state index in [0.717, 1.165) is 18.4 Å². The van der Waals surface area contributed by atoms with E-state index in [9.17, 15) is 0 Å². The molecule has 0 radical (unpaired) electrons. The third-order valence-electron chi connectivity index (χ3n) is 4.18. The minimum Gasteiger partial charge on any atom is -0.313 e. The summed E-state index contributed by atoms with van der Waals surface area (Å²) in [4.78, 5) is 5.46. The average molecular weight is 278 g/mol. The molecule has 106 valence electrons. The number of hydrogen-bond donors (Lipinski definition) is 1. The maximum Gasteiger partial charge on any atom is 0.0278 e. The van der Waals surface area contributed by atoms with Crippen molar-refractivity contribution in [1.29, 1.82) is 0 Å². The molecule has 0 aliphatic heterocycles. The van der Waals surface area contributed by atoms with E-state index in [1.807, 2.05) is 24.2 Å². The minimum absolute atomic E-state index is 0.665. The van der Waals surface area contributed by atoms with Gasteiger partial charge in [0, 0.05) is 28.6 Å². The summed E-state index contributed by atoms with van der Waals surface area (Å²) >= 11 is 2.03. The van der Waals surface area contributed by atoms with Gasteiger partial charge in [0.25, 0.3) is 0 Å². The molecule has 3 unspecified atom stereocenters. The highest BCUT2D eigenvalue weighted by Gasteiger charge is 2.31. The molecule has 1 aromatic heterocycles. The van der Waals surface area contributed by atoms with Crippen molar-refractivity contribution < 1.29 is 0 Å². The predicted molar refractivity (Wildman–Crippen MR) is 83.5 cm³/mol. The van der Waals surface area contributed by atoms with Crippen molar-refractivity contribution in [3.63, 3.8) is 0 Å². The van der Waals surface area contributed by atoms with E-state index in [1.165, 1.54) is 24.2 Å². The Morgan fingerprint density at radius 3 is 2.68 bits per heavy atom. The van der Waals surface area contributed by atoms with Gasteiger partial charge in [0.15, 0.2) is 0 Å². The van der Waals surface area contributed by atoms with E-state index in [1.54, 1.807) is 0 Å². The summed E-state index contributed by atoms with van der Waals surface area (Å²) in [5.74, 6) is 1.69. The topological polar surface area (TPSA) is 24.9 Å². The summed E-state index contributed by atoms with van der Waals surface area (Å²) in [6, 6.07) is 4.93. The largest absolute Gasteiger partial charge is 0.313 e. The molecule has 1 aromatic rings. The molecule has 3 atom stereocenters. The van der Waals surface area contributed by atoms with Crippen molar-refractivity contribution in [3.05, 3.63) is 24.5 Å². The van der Waals surface area contributed by atoms with E-state index in [4.69, 9.17) is 0 Å². The van der Waals surface area contributed by atoms with Crippen LogP contribution < -0.4 is 5.32 Å². The molecular formula is C16H26N2S. The maximum absolute atomic E-state index is 4.11. The van der Waals surface area contributed by atoms with Crippen molar-refractivity contribution in [2.75, 3.05) is 6.54 Å². The predicted octanol–water partition coefficient (Wildman–Crippen LogP) is 3.98. The van der Waals surface area contributed by atoms with Gasteiger partial charge in [0.1, 0.15) is 0 Å². The Kier molecular flexibility index (Phi) is 5.71. The lowest BCUT2D eigenvalue weighted by atomic mass is 9.79. The molecule has 1 aliphatic rings. The Morgan fingerprint density at radius 2 is 2.05 bits per heavy atom. The molecule has 3 heteroatoms. The van der Waals surface area contributed by atoms with Crippen LogP contribution in [0, 0.1) is 11.8 Å². The molecule has 1 aliphatic carbocycles. The van der Waals surface area contributed by atoms with Crippen LogP contribution in [-0.4, -0.2) is 22.8 Å². The van der Waals surface area contributed by atoms with Crippen molar-refractivity contribution in [2.24, 2.45) is 11.8 Å². The molecule has 1 heterocycles. The van der Waals surface area contributed by atoms with Crippen molar-refractivity contribution in [2.45, 2.75) is 56.2 Å². The van der Waals surface area contributed by atoms with Gasteiger partial charge in [0.2, 0.25) is 0 Å². The van der Waals surface area contributed by atoms with Gasteiger partial charge in [-0.05, 0) is 49.8 Å². The van der Waals surface area contributed by atoms with Crippen LogP contribution in [0.25, 0.3) is 0 Å². The van der Waals surface area contributed by atoms with Crippen LogP contribution in [0.5, 0.6) is 0 Å². The number of rotatable bonds is 5. The molecule has 0 saturated heterocycles. The lowest BCUT2D eigenvalue weighted by Crippen LogP contribution is -2.43. The highest BCUT2D eigenvalue weighted by atomic mass is 32.2. The number of nitrogens with one attached hydrogen (secondary N) is 1. The summed E-state index contributed by atoms with van der Waals surface area (Å²) in [6.07, 6.45) is 7.82. The Hall–Kier alpha value is -0.540. The monoisotopic (exact) mass is 278 g/mol. The van der Waals surface area contributed by atoms with Gasteiger partial charge in [-0.1, -0.05) is 20.8 Å². The summed E-state index contributed by atoms with van der Waals surface area (Å²) in [7, 11) is 0. The van der Waals surface area contributed by atoms with E-state index in [0.29, 0.717) is 11.3 Å². The molecule has 0 bridgehead atoms. The molecule has 2 nitrogen and oxygen atoms in total. The lowest BCUT2D eigenvalue weighted by Gasteiger charge is -2.38. The van der Waals surface area contributed by atoms with Gasteiger partial charge in [-0.3, -0.25) is 4.98 Å². The molecule has 2 rings (SSSR count). The fraction of sp³-hybridized carbons (Fsp3) is 0.688. The first-order valence-electron chi connectivity index (χ1n) is 7.50. The summed E-state index contributed by atoms with van der Waals surface area (Å²) in [5.41, 5.74) is 0. The highest BCUT2D eigenvalue weighted by Crippen LogP contribution is 2.38. The van der Waals surface area contributed by atoms with Crippen molar-refractivity contribution in [3.8, 4) is 0 Å². The normalized spacial score (nSPS) is 27.7. The van der Waals surface area contributed by atoms with Gasteiger partial charge in [0.05, 0.1) is 0 Å². The number of nitrogens with zero attached hydrogens (tertiary/aromatic N) is 1. The zero-order valence-corrected chi connectivity index (χ0v) is 13.1. The zero-order chi connectivity index (χ0) is 13.7. The maximum atomic E-state index is 4.11. The van der Waals surface area contributed by atoms with Crippen LogP contribution in [0.3, 0.4) is 0 Å². The average Bonchev–Trinajstić information content (AvgIpc) is 2.42. The van der Waals surface area contributed by atoms with Gasteiger partial charge < -0.3 is 5.32 Å². The fourth-order valence-electron chi connectivity index (χ4n) is 2.98. The molecule has 19 heavy (non-hydrogen) atoms. The first-order valence-corrected chi connectivity index (χ1v) is 8.38. The molecule has 1 fully saturated rings. The first kappa shape index (κ1) is 14.9. The van der Waals surface area contributed by atoms with E-state index < -0.39 is 0 Å². The Labute approximate surface area is 121 Å². The van der Waals surface area contributed by atoms with Gasteiger partial charge in [-0.2, -0.15) is 0 Å². The molecule has 1 N–H and O–H groups in total. The first-order chi connectivity index (χ1) is 9.20. The summed E-state index contributed by atoms with van der Waals surface area (Å²) in [5, 5.41) is 4.38. The quantitative estimate of drug-likeness (QED) is 0.882. The third kappa shape index (κ3) is 4.22. The summed E-state index contributed by atoms with van der Waals surface area (Å²) < 4.78 is 0. The Balaban J connectivity index is 2.03. The van der Waals surface area contributed by atoms with Crippen molar-refractivity contribution in [1.82, 2.24) is 10.3 Å². The van der Waals surface area contributed by atoms with Crippen LogP contribution >= 0.6 is 11.8 Å². The number of aromatic nitrogens is 1. The second-order valence-corrected chi connectivity index (χ2v) is 7.13.